The van der Waals surface area contributed by atoms with E-state index in [0.717, 1.165) is 16.7 Å². The monoisotopic (exact) mass is 476 g/mol. The van der Waals surface area contributed by atoms with Crippen LogP contribution < -0.4 is 5.32 Å². The van der Waals surface area contributed by atoms with Crippen LogP contribution in [-0.4, -0.2) is 42.5 Å². The van der Waals surface area contributed by atoms with Crippen molar-refractivity contribution in [3.63, 3.8) is 0 Å². The van der Waals surface area contributed by atoms with Crippen LogP contribution in [0.5, 0.6) is 0 Å². The van der Waals surface area contributed by atoms with E-state index in [0.29, 0.717) is 32.6 Å². The predicted octanol–water partition coefficient (Wildman–Crippen LogP) is 4.55. The van der Waals surface area contributed by atoms with Gasteiger partial charge in [-0.25, -0.2) is 4.39 Å². The van der Waals surface area contributed by atoms with E-state index >= 15 is 0 Å². The number of halogens is 1. The molecule has 0 bridgehead atoms. The zero-order valence-corrected chi connectivity index (χ0v) is 20.2. The molecule has 0 aromatic heterocycles. The van der Waals surface area contributed by atoms with Crippen molar-refractivity contribution in [1.82, 2.24) is 10.2 Å². The molecule has 1 unspecified atom stereocenters. The van der Waals surface area contributed by atoms with Crippen molar-refractivity contribution in [2.24, 2.45) is 0 Å². The molecule has 3 aromatic rings. The third-order valence-corrected chi connectivity index (χ3v) is 5.70. The van der Waals surface area contributed by atoms with Crippen molar-refractivity contribution in [1.29, 1.82) is 0 Å². The standard InChI is InChI=1S/C29H33FN2O3/c1-2-35-19-9-18-31-29(34)27(20-23-10-5-3-6-11-23)32(22-25-14-16-26(30)17-15-25)28(33)21-24-12-7-4-8-13-24/h3-8,10-17,27H,2,9,18-22H2,1H3,(H,31,34). The Bertz CT molecular complexity index is 1040. The maximum Gasteiger partial charge on any atom is 0.243 e. The van der Waals surface area contributed by atoms with Gasteiger partial charge in [0.25, 0.3) is 0 Å². The molecule has 0 saturated carbocycles. The number of hydrogen-bond donors (Lipinski definition) is 1. The van der Waals surface area contributed by atoms with Crippen molar-refractivity contribution in [3.8, 4) is 0 Å². The Balaban J connectivity index is 1.86. The molecule has 1 N–H and O–H groups in total. The average Bonchev–Trinajstić information content (AvgIpc) is 2.88. The molecule has 0 aliphatic rings. The van der Waals surface area contributed by atoms with E-state index in [9.17, 15) is 14.0 Å². The SMILES string of the molecule is CCOCCCNC(=O)C(Cc1ccccc1)N(Cc1ccc(F)cc1)C(=O)Cc1ccccc1. The summed E-state index contributed by atoms with van der Waals surface area (Å²) in [7, 11) is 0. The zero-order valence-electron chi connectivity index (χ0n) is 20.2. The maximum absolute atomic E-state index is 13.6. The number of amides is 2. The van der Waals surface area contributed by atoms with Crippen molar-refractivity contribution in [3.05, 3.63) is 107 Å². The third kappa shape index (κ3) is 8.65. The van der Waals surface area contributed by atoms with Crippen molar-refractivity contribution < 1.29 is 18.7 Å². The van der Waals surface area contributed by atoms with Crippen LogP contribution >= 0.6 is 0 Å². The second-order valence-electron chi connectivity index (χ2n) is 8.36. The average molecular weight is 477 g/mol. The number of carbonyl (C=O) groups is 2. The van der Waals surface area contributed by atoms with Crippen molar-refractivity contribution in [2.45, 2.75) is 38.8 Å². The highest BCUT2D eigenvalue weighted by Crippen LogP contribution is 2.17. The summed E-state index contributed by atoms with van der Waals surface area (Å²) in [6.07, 6.45) is 1.23. The first-order chi connectivity index (χ1) is 17.1. The molecular weight excluding hydrogens is 443 g/mol. The van der Waals surface area contributed by atoms with Gasteiger partial charge in [-0.3, -0.25) is 9.59 Å². The van der Waals surface area contributed by atoms with E-state index in [4.69, 9.17) is 4.74 Å². The van der Waals surface area contributed by atoms with Gasteiger partial charge in [0.1, 0.15) is 11.9 Å². The molecule has 3 rings (SSSR count). The topological polar surface area (TPSA) is 58.6 Å². The summed E-state index contributed by atoms with van der Waals surface area (Å²) in [6.45, 7) is 3.79. The molecule has 0 spiro atoms. The van der Waals surface area contributed by atoms with Gasteiger partial charge in [0, 0.05) is 32.7 Å². The second-order valence-corrected chi connectivity index (χ2v) is 8.36. The van der Waals surface area contributed by atoms with Crippen LogP contribution in [0.25, 0.3) is 0 Å². The van der Waals surface area contributed by atoms with E-state index in [2.05, 4.69) is 5.32 Å². The van der Waals surface area contributed by atoms with E-state index < -0.39 is 6.04 Å². The highest BCUT2D eigenvalue weighted by molar-refractivity contribution is 5.88. The van der Waals surface area contributed by atoms with E-state index in [1.165, 1.54) is 12.1 Å². The van der Waals surface area contributed by atoms with Gasteiger partial charge < -0.3 is 15.0 Å². The molecule has 0 saturated heterocycles. The smallest absolute Gasteiger partial charge is 0.243 e. The molecule has 1 atom stereocenters. The molecular formula is C29H33FN2O3. The van der Waals surface area contributed by atoms with Gasteiger partial charge in [-0.15, -0.1) is 0 Å². The molecule has 2 amide bonds. The van der Waals surface area contributed by atoms with Gasteiger partial charge in [-0.05, 0) is 42.2 Å². The number of carbonyl (C=O) groups excluding carboxylic acids is 2. The van der Waals surface area contributed by atoms with E-state index in [1.54, 1.807) is 17.0 Å². The number of nitrogens with zero attached hydrogens (tertiary/aromatic N) is 1. The predicted molar refractivity (Wildman–Crippen MR) is 135 cm³/mol. The lowest BCUT2D eigenvalue weighted by molar-refractivity contribution is -0.140. The Hall–Kier alpha value is -3.51. The number of nitrogens with one attached hydrogen (secondary N) is 1. The van der Waals surface area contributed by atoms with Crippen LogP contribution in [0.1, 0.15) is 30.0 Å². The summed E-state index contributed by atoms with van der Waals surface area (Å²) in [6, 6.07) is 24.5. The Kier molecular flexibility index (Phi) is 10.5. The third-order valence-electron chi connectivity index (χ3n) is 5.70. The Labute approximate surface area is 206 Å². The zero-order chi connectivity index (χ0) is 24.9. The summed E-state index contributed by atoms with van der Waals surface area (Å²) in [5, 5.41) is 2.98. The second kappa shape index (κ2) is 14.0. The molecule has 184 valence electrons. The highest BCUT2D eigenvalue weighted by Gasteiger charge is 2.30. The highest BCUT2D eigenvalue weighted by atomic mass is 19.1. The lowest BCUT2D eigenvalue weighted by Crippen LogP contribution is -2.51. The normalized spacial score (nSPS) is 11.6. The van der Waals surface area contributed by atoms with Crippen LogP contribution in [-0.2, 0) is 33.7 Å². The number of ether oxygens (including phenoxy) is 1. The van der Waals surface area contributed by atoms with Gasteiger partial charge in [0.2, 0.25) is 11.8 Å². The minimum atomic E-state index is -0.717. The Morgan fingerprint density at radius 2 is 1.51 bits per heavy atom. The first-order valence-electron chi connectivity index (χ1n) is 12.0. The van der Waals surface area contributed by atoms with Crippen molar-refractivity contribution >= 4 is 11.8 Å². The summed E-state index contributed by atoms with van der Waals surface area (Å²) < 4.78 is 18.9. The van der Waals surface area contributed by atoms with Crippen molar-refractivity contribution in [2.75, 3.05) is 19.8 Å². The molecule has 0 radical (unpaired) electrons. The van der Waals surface area contributed by atoms with Gasteiger partial charge in [0.15, 0.2) is 0 Å². The molecule has 6 heteroatoms. The van der Waals surface area contributed by atoms with Gasteiger partial charge in [0.05, 0.1) is 6.42 Å². The summed E-state index contributed by atoms with van der Waals surface area (Å²) in [5.74, 6) is -0.719. The number of hydrogen-bond acceptors (Lipinski definition) is 3. The molecule has 0 fully saturated rings. The fourth-order valence-electron chi connectivity index (χ4n) is 3.86. The molecule has 0 aliphatic carbocycles. The summed E-state index contributed by atoms with van der Waals surface area (Å²) in [4.78, 5) is 28.6. The van der Waals surface area contributed by atoms with Crippen LogP contribution in [0.2, 0.25) is 0 Å². The fraction of sp³-hybridized carbons (Fsp3) is 0.310. The lowest BCUT2D eigenvalue weighted by atomic mass is 10.0. The minimum absolute atomic E-state index is 0.161. The molecule has 3 aromatic carbocycles. The molecule has 0 heterocycles. The Morgan fingerprint density at radius 3 is 2.14 bits per heavy atom. The van der Waals surface area contributed by atoms with E-state index in [-0.39, 0.29) is 30.6 Å². The largest absolute Gasteiger partial charge is 0.382 e. The van der Waals surface area contributed by atoms with Crippen LogP contribution in [0.4, 0.5) is 4.39 Å². The van der Waals surface area contributed by atoms with Crippen LogP contribution in [0.3, 0.4) is 0 Å². The first-order valence-corrected chi connectivity index (χ1v) is 12.0. The minimum Gasteiger partial charge on any atom is -0.382 e. The maximum atomic E-state index is 13.6. The summed E-state index contributed by atoms with van der Waals surface area (Å²) >= 11 is 0. The summed E-state index contributed by atoms with van der Waals surface area (Å²) in [5.41, 5.74) is 2.59. The van der Waals surface area contributed by atoms with E-state index in [1.807, 2.05) is 67.6 Å². The van der Waals surface area contributed by atoms with Crippen LogP contribution in [0, 0.1) is 5.82 Å². The molecule has 0 aliphatic heterocycles. The first kappa shape index (κ1) is 26.1. The molecule has 5 nitrogen and oxygen atoms in total. The van der Waals surface area contributed by atoms with Gasteiger partial charge >= 0.3 is 0 Å². The Morgan fingerprint density at radius 1 is 0.886 bits per heavy atom. The van der Waals surface area contributed by atoms with Gasteiger partial charge in [-0.2, -0.15) is 0 Å². The lowest BCUT2D eigenvalue weighted by Gasteiger charge is -2.31. The quantitative estimate of drug-likeness (QED) is 0.368. The number of benzene rings is 3. The van der Waals surface area contributed by atoms with Crippen LogP contribution in [0.15, 0.2) is 84.9 Å². The number of rotatable bonds is 13. The molecule has 35 heavy (non-hydrogen) atoms. The van der Waals surface area contributed by atoms with Gasteiger partial charge in [-0.1, -0.05) is 72.8 Å². The fourth-order valence-corrected chi connectivity index (χ4v) is 3.86.